The second-order valence-corrected chi connectivity index (χ2v) is 5.82. The lowest BCUT2D eigenvalue weighted by Crippen LogP contribution is -2.40. The van der Waals surface area contributed by atoms with Crippen LogP contribution in [0.3, 0.4) is 0 Å². The fourth-order valence-corrected chi connectivity index (χ4v) is 3.61. The second-order valence-electron chi connectivity index (χ2n) is 2.81. The van der Waals surface area contributed by atoms with E-state index >= 15 is 0 Å². The Morgan fingerprint density at radius 2 is 2.14 bits per heavy atom. The van der Waals surface area contributed by atoms with Gasteiger partial charge >= 0.3 is 0 Å². The zero-order valence-corrected chi connectivity index (χ0v) is 9.05. The maximum Gasteiger partial charge on any atom is 0.270 e. The number of nitrogens with zero attached hydrogens (tertiary/aromatic N) is 2. The minimum atomic E-state index is -3.36. The summed E-state index contributed by atoms with van der Waals surface area (Å²) >= 11 is 1.14. The molecule has 0 bridgehead atoms. The van der Waals surface area contributed by atoms with Crippen LogP contribution in [0.5, 0.6) is 0 Å². The number of rotatable bonds is 2. The van der Waals surface area contributed by atoms with E-state index in [4.69, 9.17) is 4.74 Å². The van der Waals surface area contributed by atoms with E-state index in [1.165, 1.54) is 10.5 Å². The second kappa shape index (κ2) is 3.93. The van der Waals surface area contributed by atoms with Crippen molar-refractivity contribution in [2.75, 3.05) is 26.3 Å². The quantitative estimate of drug-likeness (QED) is 0.731. The molecule has 1 aromatic rings. The summed E-state index contributed by atoms with van der Waals surface area (Å²) in [7, 11) is -3.36. The molecule has 1 saturated heterocycles. The van der Waals surface area contributed by atoms with Crippen LogP contribution in [0.15, 0.2) is 15.9 Å². The van der Waals surface area contributed by atoms with Crippen LogP contribution in [-0.4, -0.2) is 44.0 Å². The lowest BCUT2D eigenvalue weighted by molar-refractivity contribution is 0.0730. The highest BCUT2D eigenvalue weighted by molar-refractivity contribution is 7.91. The van der Waals surface area contributed by atoms with Gasteiger partial charge in [-0.3, -0.25) is 0 Å². The van der Waals surface area contributed by atoms with E-state index in [2.05, 4.69) is 4.98 Å². The molecule has 0 atom stereocenters. The number of thiazole rings is 1. The lowest BCUT2D eigenvalue weighted by Gasteiger charge is -2.24. The number of aromatic nitrogens is 1. The third-order valence-electron chi connectivity index (χ3n) is 1.94. The van der Waals surface area contributed by atoms with Crippen molar-refractivity contribution >= 4 is 21.4 Å². The fraction of sp³-hybridized carbons (Fsp3) is 0.571. The molecule has 1 fully saturated rings. The van der Waals surface area contributed by atoms with Gasteiger partial charge in [0.25, 0.3) is 10.0 Å². The van der Waals surface area contributed by atoms with E-state index in [-0.39, 0.29) is 4.34 Å². The molecule has 1 aliphatic rings. The molecule has 1 aliphatic heterocycles. The Morgan fingerprint density at radius 3 is 2.71 bits per heavy atom. The average Bonchev–Trinajstić information content (AvgIpc) is 2.72. The molecule has 0 unspecified atom stereocenters. The van der Waals surface area contributed by atoms with Crippen molar-refractivity contribution in [2.24, 2.45) is 0 Å². The largest absolute Gasteiger partial charge is 0.379 e. The van der Waals surface area contributed by atoms with E-state index < -0.39 is 10.0 Å². The van der Waals surface area contributed by atoms with Gasteiger partial charge in [0, 0.05) is 24.7 Å². The number of ether oxygens (including phenoxy) is 1. The lowest BCUT2D eigenvalue weighted by atomic mass is 10.5. The molecule has 0 N–H and O–H groups in total. The summed E-state index contributed by atoms with van der Waals surface area (Å²) in [5.41, 5.74) is 0. The Labute approximate surface area is 86.4 Å². The Hall–Kier alpha value is -0.500. The van der Waals surface area contributed by atoms with Crippen LogP contribution in [0.2, 0.25) is 0 Å². The van der Waals surface area contributed by atoms with Crippen molar-refractivity contribution < 1.29 is 13.2 Å². The summed E-state index contributed by atoms with van der Waals surface area (Å²) in [5, 5.41) is 1.66. The molecular formula is C7H10N2O3S2. The number of hydrogen-bond donors (Lipinski definition) is 0. The average molecular weight is 234 g/mol. The highest BCUT2D eigenvalue weighted by Crippen LogP contribution is 2.18. The molecule has 0 radical (unpaired) electrons. The number of sulfonamides is 1. The van der Waals surface area contributed by atoms with Crippen molar-refractivity contribution in [2.45, 2.75) is 4.34 Å². The number of morpholine rings is 1. The molecule has 78 valence electrons. The topological polar surface area (TPSA) is 59.5 Å². The number of hydrogen-bond acceptors (Lipinski definition) is 5. The first-order valence-corrected chi connectivity index (χ1v) is 6.50. The molecule has 2 heterocycles. The molecule has 14 heavy (non-hydrogen) atoms. The molecule has 0 spiro atoms. The minimum absolute atomic E-state index is 0.166. The van der Waals surface area contributed by atoms with Crippen molar-refractivity contribution in [1.29, 1.82) is 0 Å². The van der Waals surface area contributed by atoms with E-state index in [0.29, 0.717) is 26.3 Å². The van der Waals surface area contributed by atoms with Gasteiger partial charge in [-0.1, -0.05) is 0 Å². The van der Waals surface area contributed by atoms with Crippen molar-refractivity contribution in [1.82, 2.24) is 9.29 Å². The van der Waals surface area contributed by atoms with Crippen LogP contribution in [0.4, 0.5) is 0 Å². The summed E-state index contributed by atoms with van der Waals surface area (Å²) in [6, 6.07) is 0. The first-order valence-electron chi connectivity index (χ1n) is 4.18. The predicted molar refractivity (Wildman–Crippen MR) is 51.7 cm³/mol. The van der Waals surface area contributed by atoms with Crippen LogP contribution in [0, 0.1) is 0 Å². The first kappa shape index (κ1) is 10.0. The van der Waals surface area contributed by atoms with Gasteiger partial charge in [0.05, 0.1) is 13.2 Å². The summed E-state index contributed by atoms with van der Waals surface area (Å²) in [4.78, 5) is 3.81. The summed E-state index contributed by atoms with van der Waals surface area (Å²) < 4.78 is 30.4. The highest BCUT2D eigenvalue weighted by atomic mass is 32.2. The van der Waals surface area contributed by atoms with Gasteiger partial charge in [-0.15, -0.1) is 11.3 Å². The monoisotopic (exact) mass is 234 g/mol. The molecule has 0 aliphatic carbocycles. The Kier molecular flexibility index (Phi) is 2.82. The molecule has 1 aromatic heterocycles. The van der Waals surface area contributed by atoms with E-state index in [1.807, 2.05) is 0 Å². The normalized spacial score (nSPS) is 19.7. The van der Waals surface area contributed by atoms with Gasteiger partial charge in [-0.05, 0) is 0 Å². The van der Waals surface area contributed by atoms with Gasteiger partial charge < -0.3 is 4.74 Å². The summed E-state index contributed by atoms with van der Waals surface area (Å²) in [6.45, 7) is 1.76. The maximum atomic E-state index is 11.9. The van der Waals surface area contributed by atoms with Gasteiger partial charge in [0.15, 0.2) is 0 Å². The Bertz CT molecular complexity index is 381. The van der Waals surface area contributed by atoms with Crippen molar-refractivity contribution in [3.63, 3.8) is 0 Å². The molecule has 5 nitrogen and oxygen atoms in total. The molecular weight excluding hydrogens is 224 g/mol. The third-order valence-corrected chi connectivity index (χ3v) is 5.02. The molecule has 0 amide bonds. The van der Waals surface area contributed by atoms with Gasteiger partial charge in [0.2, 0.25) is 4.34 Å². The third kappa shape index (κ3) is 1.81. The summed E-state index contributed by atoms with van der Waals surface area (Å²) in [5.74, 6) is 0. The van der Waals surface area contributed by atoms with Gasteiger partial charge in [-0.25, -0.2) is 13.4 Å². The van der Waals surface area contributed by atoms with E-state index in [9.17, 15) is 8.42 Å². The van der Waals surface area contributed by atoms with Crippen LogP contribution < -0.4 is 0 Å². The molecule has 2 rings (SSSR count). The van der Waals surface area contributed by atoms with Crippen molar-refractivity contribution in [3.8, 4) is 0 Å². The van der Waals surface area contributed by atoms with E-state index in [0.717, 1.165) is 11.3 Å². The predicted octanol–water partition coefficient (Wildman–Crippen LogP) is 0.164. The van der Waals surface area contributed by atoms with Crippen molar-refractivity contribution in [3.05, 3.63) is 11.6 Å². The highest BCUT2D eigenvalue weighted by Gasteiger charge is 2.28. The first-order chi connectivity index (χ1) is 6.71. The van der Waals surface area contributed by atoms with Crippen LogP contribution in [0.1, 0.15) is 0 Å². The van der Waals surface area contributed by atoms with E-state index in [1.54, 1.807) is 5.38 Å². The maximum absolute atomic E-state index is 11.9. The minimum Gasteiger partial charge on any atom is -0.379 e. The smallest absolute Gasteiger partial charge is 0.270 e. The zero-order valence-electron chi connectivity index (χ0n) is 7.42. The van der Waals surface area contributed by atoms with Gasteiger partial charge in [0.1, 0.15) is 0 Å². The Balaban J connectivity index is 2.23. The fourth-order valence-electron chi connectivity index (χ4n) is 1.24. The standard InChI is InChI=1S/C7H10N2O3S2/c10-14(11,7-8-1-6-13-7)9-2-4-12-5-3-9/h1,6H,2-5H2. The molecule has 0 saturated carbocycles. The zero-order chi connectivity index (χ0) is 10.0. The SMILES string of the molecule is O=S(=O)(c1nccs1)N1CCOCC1. The van der Waals surface area contributed by atoms with Crippen LogP contribution in [0.25, 0.3) is 0 Å². The molecule has 0 aromatic carbocycles. The molecule has 7 heteroatoms. The van der Waals surface area contributed by atoms with Crippen LogP contribution in [-0.2, 0) is 14.8 Å². The Morgan fingerprint density at radius 1 is 1.43 bits per heavy atom. The summed E-state index contributed by atoms with van der Waals surface area (Å²) in [6.07, 6.45) is 1.50. The van der Waals surface area contributed by atoms with Crippen LogP contribution >= 0.6 is 11.3 Å². The van der Waals surface area contributed by atoms with Gasteiger partial charge in [-0.2, -0.15) is 4.31 Å².